The van der Waals surface area contributed by atoms with Crippen molar-refractivity contribution in [2.75, 3.05) is 0 Å². The number of nitrogens with zero attached hydrogens (tertiary/aromatic N) is 1. The Morgan fingerprint density at radius 3 is 1.37 bits per heavy atom. The molecular formula is C21H6Cl12NO4-. The van der Waals surface area contributed by atoms with Crippen LogP contribution in [0.5, 0.6) is 0 Å². The van der Waals surface area contributed by atoms with Crippen LogP contribution >= 0.6 is 139 Å². The number of alkyl halides is 8. The largest absolute Gasteiger partial charge is 0.545 e. The number of carbonyl (C=O) groups is 1. The van der Waals surface area contributed by atoms with Crippen molar-refractivity contribution in [2.45, 2.75) is 40.0 Å². The number of hydrogen-bond acceptors (Lipinski definition) is 4. The van der Waals surface area contributed by atoms with Crippen molar-refractivity contribution in [2.24, 2.45) is 11.8 Å². The molecule has 0 heterocycles. The van der Waals surface area contributed by atoms with E-state index >= 15 is 0 Å². The van der Waals surface area contributed by atoms with Crippen molar-refractivity contribution in [3.63, 3.8) is 0 Å². The Hall–Kier alpha value is 1.05. The summed E-state index contributed by atoms with van der Waals surface area (Å²) in [5, 5.41) is 23.2. The molecule has 1 aromatic rings. The maximum absolute atomic E-state index is 12.0. The van der Waals surface area contributed by atoms with E-state index in [-0.39, 0.29) is 31.3 Å². The first-order chi connectivity index (χ1) is 17.2. The van der Waals surface area contributed by atoms with Crippen LogP contribution in [-0.2, 0) is 0 Å². The average molecular weight is 762 g/mol. The smallest absolute Gasteiger partial charge is 0.278 e. The SMILES string of the molecule is O=C([O-])c1cc2c(cc1[N+](=O)[O-])C1C(C3C2C2(Cl)C(Cl)=C(Cl)C3(Cl)C2(Cl)Cl)C2(Cl)C(Cl)=C(Cl)C1(Cl)C2(Cl)Cl. The number of nitro groups is 1. The molecule has 2 fully saturated rings. The van der Waals surface area contributed by atoms with Crippen LogP contribution in [0.2, 0.25) is 0 Å². The number of benzene rings is 1. The van der Waals surface area contributed by atoms with Gasteiger partial charge < -0.3 is 9.90 Å². The molecule has 8 unspecified atom stereocenters. The van der Waals surface area contributed by atoms with Gasteiger partial charge in [-0.15, -0.1) is 46.4 Å². The van der Waals surface area contributed by atoms with E-state index in [1.165, 1.54) is 0 Å². The van der Waals surface area contributed by atoms with E-state index in [1.807, 2.05) is 0 Å². The number of rotatable bonds is 2. The number of halogens is 12. The second kappa shape index (κ2) is 7.95. The Morgan fingerprint density at radius 2 is 1.03 bits per heavy atom. The van der Waals surface area contributed by atoms with Crippen LogP contribution in [0.15, 0.2) is 32.3 Å². The molecule has 204 valence electrons. The Kier molecular flexibility index (Phi) is 6.10. The van der Waals surface area contributed by atoms with Crippen LogP contribution in [0, 0.1) is 22.0 Å². The highest BCUT2D eigenvalue weighted by molar-refractivity contribution is 6.67. The van der Waals surface area contributed by atoms with Crippen LogP contribution in [0.1, 0.15) is 33.3 Å². The average Bonchev–Trinajstić information content (AvgIpc) is 3.17. The fraction of sp³-hybridized carbons (Fsp3) is 0.476. The fourth-order valence-electron chi connectivity index (χ4n) is 7.25. The summed E-state index contributed by atoms with van der Waals surface area (Å²) in [6.45, 7) is 0. The molecule has 17 heteroatoms. The number of carbonyl (C=O) groups excluding carboxylic acids is 1. The summed E-state index contributed by atoms with van der Waals surface area (Å²) in [6, 6.07) is 2.04. The van der Waals surface area contributed by atoms with Crippen LogP contribution in [-0.4, -0.2) is 39.1 Å². The van der Waals surface area contributed by atoms with E-state index in [0.717, 1.165) is 12.1 Å². The predicted molar refractivity (Wildman–Crippen MR) is 151 cm³/mol. The minimum absolute atomic E-state index is 0.107. The normalized spacial score (nSPS) is 44.8. The van der Waals surface area contributed by atoms with E-state index < -0.39 is 74.0 Å². The molecule has 0 radical (unpaired) electrons. The second-order valence-electron chi connectivity index (χ2n) is 9.80. The number of carboxylic acids is 1. The first kappa shape index (κ1) is 29.1. The molecule has 0 amide bonds. The van der Waals surface area contributed by atoms with Gasteiger partial charge in [0, 0.05) is 29.7 Å². The summed E-state index contributed by atoms with van der Waals surface area (Å²) >= 11 is 82.6. The highest BCUT2D eigenvalue weighted by atomic mass is 35.5. The van der Waals surface area contributed by atoms with Crippen molar-refractivity contribution in [3.05, 3.63) is 59.1 Å². The molecule has 0 N–H and O–H groups in total. The van der Waals surface area contributed by atoms with Crippen molar-refractivity contribution in [1.82, 2.24) is 0 Å². The fourth-order valence-corrected chi connectivity index (χ4v) is 13.3. The van der Waals surface area contributed by atoms with Gasteiger partial charge in [0.15, 0.2) is 8.67 Å². The minimum atomic E-state index is -2.13. The molecule has 38 heavy (non-hydrogen) atoms. The molecule has 8 atom stereocenters. The molecule has 1 aromatic carbocycles. The highest BCUT2D eigenvalue weighted by Gasteiger charge is 2.91. The van der Waals surface area contributed by atoms with E-state index in [0.29, 0.717) is 0 Å². The third-order valence-corrected chi connectivity index (χ3v) is 17.2. The standard InChI is InChI=1S/C21H7Cl12NO4/c22-11-13(24)18(28)9-7(16(11,26)20(18,30)31)3-1-5(15(35)36)6(34(37)38)2-4(3)8-10(9)19(29)14(25)12(23)17(8,27)21(19,32)33/h1-2,7-10H,(H,35,36)/p-1. The first-order valence-electron chi connectivity index (χ1n) is 10.4. The first-order valence-corrected chi connectivity index (χ1v) is 14.9. The minimum Gasteiger partial charge on any atom is -0.545 e. The molecule has 5 aliphatic carbocycles. The van der Waals surface area contributed by atoms with Gasteiger partial charge in [-0.25, -0.2) is 0 Å². The Balaban J connectivity index is 1.82. The zero-order chi connectivity index (χ0) is 28.5. The molecule has 4 bridgehead atoms. The predicted octanol–water partition coefficient (Wildman–Crippen LogP) is 8.06. The number of allylic oxidation sites excluding steroid dienone is 4. The Labute approximate surface area is 274 Å². The molecule has 0 aliphatic heterocycles. The zero-order valence-electron chi connectivity index (χ0n) is 17.6. The van der Waals surface area contributed by atoms with Gasteiger partial charge >= 0.3 is 0 Å². The lowest BCUT2D eigenvalue weighted by Crippen LogP contribution is -2.53. The van der Waals surface area contributed by atoms with E-state index in [2.05, 4.69) is 0 Å². The summed E-state index contributed by atoms with van der Waals surface area (Å²) in [6.07, 6.45) is 0. The number of hydrogen-bond donors (Lipinski definition) is 0. The molecule has 0 aromatic heterocycles. The lowest BCUT2D eigenvalue weighted by molar-refractivity contribution is -0.386. The van der Waals surface area contributed by atoms with Gasteiger partial charge in [0.25, 0.3) is 5.69 Å². The summed E-state index contributed by atoms with van der Waals surface area (Å²) in [5.41, 5.74) is -1.34. The number of nitro benzene ring substituents is 1. The van der Waals surface area contributed by atoms with Crippen LogP contribution < -0.4 is 5.11 Å². The molecule has 6 rings (SSSR count). The molecule has 0 saturated heterocycles. The number of aromatic carboxylic acids is 1. The second-order valence-corrected chi connectivity index (χ2v) is 16.4. The lowest BCUT2D eigenvalue weighted by atomic mass is 9.57. The van der Waals surface area contributed by atoms with Gasteiger partial charge in [0.05, 0.1) is 36.6 Å². The maximum atomic E-state index is 12.0. The molecular weight excluding hydrogens is 756 g/mol. The third-order valence-electron chi connectivity index (χ3n) is 8.66. The quantitative estimate of drug-likeness (QED) is 0.174. The zero-order valence-corrected chi connectivity index (χ0v) is 26.7. The maximum Gasteiger partial charge on any atom is 0.278 e. The molecule has 0 spiro atoms. The third kappa shape index (κ3) is 2.56. The van der Waals surface area contributed by atoms with Crippen LogP contribution in [0.4, 0.5) is 5.69 Å². The van der Waals surface area contributed by atoms with Gasteiger partial charge in [-0.3, -0.25) is 10.1 Å². The topological polar surface area (TPSA) is 83.3 Å². The Bertz CT molecular complexity index is 1380. The highest BCUT2D eigenvalue weighted by Crippen LogP contribution is 2.88. The van der Waals surface area contributed by atoms with E-state index in [9.17, 15) is 20.0 Å². The molecule has 5 nitrogen and oxygen atoms in total. The molecule has 5 aliphatic rings. The van der Waals surface area contributed by atoms with E-state index in [1.54, 1.807) is 0 Å². The molecule has 2 saturated carbocycles. The van der Waals surface area contributed by atoms with Gasteiger partial charge in [-0.1, -0.05) is 92.8 Å². The Morgan fingerprint density at radius 1 is 0.684 bits per heavy atom. The summed E-state index contributed by atoms with van der Waals surface area (Å²) < 4.78 is -4.26. The van der Waals surface area contributed by atoms with Gasteiger partial charge in [-0.2, -0.15) is 0 Å². The summed E-state index contributed by atoms with van der Waals surface area (Å²) in [7, 11) is 0. The van der Waals surface area contributed by atoms with Gasteiger partial charge in [-0.05, 0) is 17.2 Å². The summed E-state index contributed by atoms with van der Waals surface area (Å²) in [5.74, 6) is -6.29. The van der Waals surface area contributed by atoms with E-state index in [4.69, 9.17) is 139 Å². The van der Waals surface area contributed by atoms with Gasteiger partial charge in [0.2, 0.25) is 0 Å². The van der Waals surface area contributed by atoms with Crippen LogP contribution in [0.25, 0.3) is 0 Å². The monoisotopic (exact) mass is 756 g/mol. The van der Waals surface area contributed by atoms with Crippen molar-refractivity contribution in [3.8, 4) is 0 Å². The van der Waals surface area contributed by atoms with Crippen molar-refractivity contribution >= 4 is 151 Å². The summed E-state index contributed by atoms with van der Waals surface area (Å²) in [4.78, 5) is 15.2. The number of carboxylic acid groups (broad SMARTS) is 1. The van der Waals surface area contributed by atoms with Crippen LogP contribution in [0.3, 0.4) is 0 Å². The lowest BCUT2D eigenvalue weighted by Gasteiger charge is -2.52. The van der Waals surface area contributed by atoms with Crippen molar-refractivity contribution < 1.29 is 14.8 Å². The number of fused-ring (bicyclic) bond motifs is 14. The van der Waals surface area contributed by atoms with Gasteiger partial charge in [0.1, 0.15) is 19.5 Å². The van der Waals surface area contributed by atoms with Crippen molar-refractivity contribution in [1.29, 1.82) is 0 Å².